The lowest BCUT2D eigenvalue weighted by Gasteiger charge is -2.14. The smallest absolute Gasteiger partial charge is 0.191 e. The first-order valence-corrected chi connectivity index (χ1v) is 10.2. The molecule has 0 aromatic heterocycles. The van der Waals surface area contributed by atoms with Crippen molar-refractivity contribution in [3.05, 3.63) is 23.8 Å². The largest absolute Gasteiger partial charge is 0.493 e. The van der Waals surface area contributed by atoms with Crippen molar-refractivity contribution < 1.29 is 18.9 Å². The molecule has 0 aliphatic carbocycles. The Balaban J connectivity index is 1.65. The minimum Gasteiger partial charge on any atom is -0.493 e. The molecule has 1 aromatic rings. The van der Waals surface area contributed by atoms with Crippen LogP contribution in [-0.2, 0) is 16.0 Å². The van der Waals surface area contributed by atoms with Gasteiger partial charge in [-0.25, -0.2) is 0 Å². The van der Waals surface area contributed by atoms with E-state index < -0.39 is 0 Å². The molecule has 1 unspecified atom stereocenters. The van der Waals surface area contributed by atoms with E-state index in [0.717, 1.165) is 68.5 Å². The molecule has 1 heterocycles. The maximum atomic E-state index is 5.70. The predicted molar refractivity (Wildman–Crippen MR) is 111 cm³/mol. The third-order valence-electron chi connectivity index (χ3n) is 4.46. The van der Waals surface area contributed by atoms with Crippen LogP contribution in [0.3, 0.4) is 0 Å². The number of methoxy groups -OCH3 is 1. The molecule has 0 radical (unpaired) electrons. The SMILES string of the molecule is CCCOc1ccc(CNC(=NC)NCCCOCC2CCCO2)cc1OC. The highest BCUT2D eigenvalue weighted by Crippen LogP contribution is 2.28. The molecule has 1 aliphatic rings. The zero-order valence-corrected chi connectivity index (χ0v) is 17.5. The molecule has 1 fully saturated rings. The fourth-order valence-electron chi connectivity index (χ4n) is 2.93. The molecule has 0 bridgehead atoms. The Kier molecular flexibility index (Phi) is 10.5. The maximum Gasteiger partial charge on any atom is 0.191 e. The summed E-state index contributed by atoms with van der Waals surface area (Å²) >= 11 is 0. The van der Waals surface area contributed by atoms with E-state index in [9.17, 15) is 0 Å². The Hall–Kier alpha value is -1.99. The molecule has 2 rings (SSSR count). The quantitative estimate of drug-likeness (QED) is 0.323. The van der Waals surface area contributed by atoms with Gasteiger partial charge in [-0.05, 0) is 43.4 Å². The van der Waals surface area contributed by atoms with Crippen LogP contribution in [0.1, 0.15) is 38.2 Å². The van der Waals surface area contributed by atoms with Gasteiger partial charge >= 0.3 is 0 Å². The molecule has 0 spiro atoms. The summed E-state index contributed by atoms with van der Waals surface area (Å²) in [6.45, 7) is 6.52. The van der Waals surface area contributed by atoms with Gasteiger partial charge in [0.1, 0.15) is 0 Å². The van der Waals surface area contributed by atoms with E-state index in [-0.39, 0.29) is 6.10 Å². The molecule has 1 atom stereocenters. The van der Waals surface area contributed by atoms with Gasteiger partial charge in [0, 0.05) is 33.4 Å². The average molecular weight is 394 g/mol. The third-order valence-corrected chi connectivity index (χ3v) is 4.46. The lowest BCUT2D eigenvalue weighted by atomic mass is 10.2. The molecule has 0 saturated carbocycles. The molecule has 2 N–H and O–H groups in total. The van der Waals surface area contributed by atoms with E-state index >= 15 is 0 Å². The van der Waals surface area contributed by atoms with Crippen molar-refractivity contribution in [3.63, 3.8) is 0 Å². The summed E-state index contributed by atoms with van der Waals surface area (Å²) in [5.74, 6) is 2.29. The van der Waals surface area contributed by atoms with Crippen molar-refractivity contribution in [2.75, 3.05) is 47.1 Å². The zero-order chi connectivity index (χ0) is 20.0. The summed E-state index contributed by atoms with van der Waals surface area (Å²) in [6, 6.07) is 5.98. The standard InChI is InChI=1S/C21H35N3O4/c1-4-11-28-19-9-8-17(14-20(19)25-3)15-24-21(22-2)23-10-6-12-26-16-18-7-5-13-27-18/h8-9,14,18H,4-7,10-13,15-16H2,1-3H3,(H2,22,23,24). The topological polar surface area (TPSA) is 73.3 Å². The van der Waals surface area contributed by atoms with Crippen molar-refractivity contribution in [2.24, 2.45) is 4.99 Å². The van der Waals surface area contributed by atoms with Crippen molar-refractivity contribution >= 4 is 5.96 Å². The second kappa shape index (κ2) is 13.2. The number of benzene rings is 1. The molecular weight excluding hydrogens is 358 g/mol. The number of guanidine groups is 1. The van der Waals surface area contributed by atoms with E-state index in [2.05, 4.69) is 22.5 Å². The van der Waals surface area contributed by atoms with Gasteiger partial charge in [-0.2, -0.15) is 0 Å². The molecule has 1 saturated heterocycles. The Morgan fingerprint density at radius 2 is 2.14 bits per heavy atom. The van der Waals surface area contributed by atoms with E-state index in [1.54, 1.807) is 14.2 Å². The minimum atomic E-state index is 0.290. The number of ether oxygens (including phenoxy) is 4. The number of aliphatic imine (C=N–C) groups is 1. The summed E-state index contributed by atoms with van der Waals surface area (Å²) in [5.41, 5.74) is 1.10. The van der Waals surface area contributed by atoms with Crippen LogP contribution < -0.4 is 20.1 Å². The third kappa shape index (κ3) is 7.94. The van der Waals surface area contributed by atoms with Crippen LogP contribution in [0.15, 0.2) is 23.2 Å². The molecule has 28 heavy (non-hydrogen) atoms. The van der Waals surface area contributed by atoms with Crippen LogP contribution in [0.25, 0.3) is 0 Å². The minimum absolute atomic E-state index is 0.290. The van der Waals surface area contributed by atoms with Gasteiger partial charge in [-0.15, -0.1) is 0 Å². The Labute approximate surface area is 168 Å². The highest BCUT2D eigenvalue weighted by Gasteiger charge is 2.14. The molecule has 158 valence electrons. The number of nitrogens with one attached hydrogen (secondary N) is 2. The second-order valence-electron chi connectivity index (χ2n) is 6.75. The molecule has 7 nitrogen and oxygen atoms in total. The lowest BCUT2D eigenvalue weighted by molar-refractivity contribution is 0.0168. The van der Waals surface area contributed by atoms with Gasteiger partial charge in [0.2, 0.25) is 0 Å². The first-order valence-electron chi connectivity index (χ1n) is 10.2. The first kappa shape index (κ1) is 22.3. The lowest BCUT2D eigenvalue weighted by Crippen LogP contribution is -2.37. The van der Waals surface area contributed by atoms with Crippen LogP contribution in [0.5, 0.6) is 11.5 Å². The van der Waals surface area contributed by atoms with Crippen molar-refractivity contribution in [3.8, 4) is 11.5 Å². The summed E-state index contributed by atoms with van der Waals surface area (Å²) in [4.78, 5) is 4.26. The van der Waals surface area contributed by atoms with Gasteiger partial charge < -0.3 is 29.6 Å². The van der Waals surface area contributed by atoms with Gasteiger partial charge in [0.05, 0.1) is 26.4 Å². The van der Waals surface area contributed by atoms with Gasteiger partial charge in [0.15, 0.2) is 17.5 Å². The first-order chi connectivity index (χ1) is 13.8. The summed E-state index contributed by atoms with van der Waals surface area (Å²) < 4.78 is 22.4. The van der Waals surface area contributed by atoms with E-state index in [4.69, 9.17) is 18.9 Å². The number of rotatable bonds is 12. The second-order valence-corrected chi connectivity index (χ2v) is 6.75. The van der Waals surface area contributed by atoms with Crippen LogP contribution in [0.2, 0.25) is 0 Å². The Bertz CT molecular complexity index is 589. The van der Waals surface area contributed by atoms with Gasteiger partial charge in [-0.1, -0.05) is 13.0 Å². The van der Waals surface area contributed by atoms with E-state index in [1.807, 2.05) is 18.2 Å². The van der Waals surface area contributed by atoms with Gasteiger partial charge in [0.25, 0.3) is 0 Å². The highest BCUT2D eigenvalue weighted by molar-refractivity contribution is 5.79. The number of nitrogens with zero attached hydrogens (tertiary/aromatic N) is 1. The van der Waals surface area contributed by atoms with Crippen molar-refractivity contribution in [1.29, 1.82) is 0 Å². The summed E-state index contributed by atoms with van der Waals surface area (Å²) in [7, 11) is 3.43. The van der Waals surface area contributed by atoms with Crippen molar-refractivity contribution in [1.82, 2.24) is 10.6 Å². The number of hydrogen-bond acceptors (Lipinski definition) is 5. The number of hydrogen-bond donors (Lipinski definition) is 2. The van der Waals surface area contributed by atoms with Crippen LogP contribution in [0, 0.1) is 0 Å². The average Bonchev–Trinajstić information content (AvgIpc) is 3.25. The van der Waals surface area contributed by atoms with Crippen LogP contribution >= 0.6 is 0 Å². The summed E-state index contributed by atoms with van der Waals surface area (Å²) in [5, 5.41) is 6.62. The van der Waals surface area contributed by atoms with Gasteiger partial charge in [-0.3, -0.25) is 4.99 Å². The molecular formula is C21H35N3O4. The molecule has 1 aromatic carbocycles. The zero-order valence-electron chi connectivity index (χ0n) is 17.5. The van der Waals surface area contributed by atoms with Crippen molar-refractivity contribution in [2.45, 2.75) is 45.3 Å². The van der Waals surface area contributed by atoms with E-state index in [1.165, 1.54) is 0 Å². The molecule has 0 amide bonds. The fourth-order valence-corrected chi connectivity index (χ4v) is 2.93. The van der Waals surface area contributed by atoms with E-state index in [0.29, 0.717) is 19.8 Å². The Morgan fingerprint density at radius 3 is 2.86 bits per heavy atom. The monoisotopic (exact) mass is 393 g/mol. The summed E-state index contributed by atoms with van der Waals surface area (Å²) in [6.07, 6.45) is 4.44. The molecule has 1 aliphatic heterocycles. The Morgan fingerprint density at radius 1 is 1.25 bits per heavy atom. The van der Waals surface area contributed by atoms with Crippen LogP contribution in [-0.4, -0.2) is 59.2 Å². The van der Waals surface area contributed by atoms with Crippen LogP contribution in [0.4, 0.5) is 0 Å². The highest BCUT2D eigenvalue weighted by atomic mass is 16.5. The maximum absolute atomic E-state index is 5.70. The normalized spacial score (nSPS) is 16.8. The predicted octanol–water partition coefficient (Wildman–Crippen LogP) is 2.73. The fraction of sp³-hybridized carbons (Fsp3) is 0.667. The molecule has 7 heteroatoms.